The molecule has 11 nitrogen and oxygen atoms in total. The van der Waals surface area contributed by atoms with E-state index in [0.29, 0.717) is 48.6 Å². The number of hydrogen-bond donors (Lipinski definition) is 3. The highest BCUT2D eigenvalue weighted by Crippen LogP contribution is 2.30. The molecule has 2 fully saturated rings. The number of carbonyl (C=O) groups excluding carboxylic acids is 2. The fourth-order valence-electron chi connectivity index (χ4n) is 5.36. The number of rotatable bonds is 10. The van der Waals surface area contributed by atoms with E-state index in [-0.39, 0.29) is 55.0 Å². The average Bonchev–Trinajstić information content (AvgIpc) is 2.97. The van der Waals surface area contributed by atoms with Crippen LogP contribution in [-0.2, 0) is 4.74 Å². The fourth-order valence-corrected chi connectivity index (χ4v) is 5.73. The number of aromatic nitrogens is 2. The van der Waals surface area contributed by atoms with Crippen LogP contribution < -0.4 is 16.0 Å². The number of nitrogens with two attached hydrogens (primary N) is 1. The van der Waals surface area contributed by atoms with Gasteiger partial charge in [-0.15, -0.1) is 0 Å². The molecule has 218 valence electrons. The lowest BCUT2D eigenvalue weighted by molar-refractivity contribution is 0.0490. The second-order valence-electron chi connectivity index (χ2n) is 9.94. The van der Waals surface area contributed by atoms with Gasteiger partial charge in [-0.05, 0) is 43.5 Å². The highest BCUT2D eigenvalue weighted by atomic mass is 35.5. The number of ether oxygens (including phenoxy) is 1. The van der Waals surface area contributed by atoms with Gasteiger partial charge in [-0.3, -0.25) is 14.5 Å². The number of halogens is 2. The molecular formula is C27H37Cl2N7O4. The maximum absolute atomic E-state index is 12.9. The van der Waals surface area contributed by atoms with Crippen LogP contribution in [0, 0.1) is 0 Å². The van der Waals surface area contributed by atoms with Crippen molar-refractivity contribution in [2.24, 2.45) is 0 Å². The van der Waals surface area contributed by atoms with E-state index in [0.717, 1.165) is 25.8 Å². The van der Waals surface area contributed by atoms with Crippen LogP contribution >= 0.6 is 23.2 Å². The summed E-state index contributed by atoms with van der Waals surface area (Å²) in [7, 11) is 0. The van der Waals surface area contributed by atoms with E-state index in [1.807, 2.05) is 4.90 Å². The molecule has 0 radical (unpaired) electrons. The van der Waals surface area contributed by atoms with Gasteiger partial charge in [0.25, 0.3) is 11.8 Å². The van der Waals surface area contributed by atoms with Crippen molar-refractivity contribution in [1.82, 2.24) is 25.1 Å². The van der Waals surface area contributed by atoms with E-state index in [1.165, 1.54) is 0 Å². The predicted octanol–water partition coefficient (Wildman–Crippen LogP) is 2.31. The quantitative estimate of drug-likeness (QED) is 0.354. The minimum atomic E-state index is -0.483. The molecule has 2 aliphatic rings. The summed E-state index contributed by atoms with van der Waals surface area (Å²) < 4.78 is 5.14. The van der Waals surface area contributed by atoms with Crippen LogP contribution in [0.1, 0.15) is 47.0 Å². The van der Waals surface area contributed by atoms with Crippen molar-refractivity contribution in [3.63, 3.8) is 0 Å². The molecule has 3 heterocycles. The molecule has 1 atom stereocenters. The van der Waals surface area contributed by atoms with Crippen molar-refractivity contribution < 1.29 is 19.4 Å². The molecule has 0 spiro atoms. The molecule has 2 aliphatic heterocycles. The van der Waals surface area contributed by atoms with Crippen LogP contribution in [0.5, 0.6) is 0 Å². The number of nitrogens with zero attached hydrogens (tertiary/aromatic N) is 5. The Morgan fingerprint density at radius 1 is 1.10 bits per heavy atom. The van der Waals surface area contributed by atoms with E-state index in [4.69, 9.17) is 38.8 Å². The highest BCUT2D eigenvalue weighted by molar-refractivity contribution is 6.32. The van der Waals surface area contributed by atoms with Crippen LogP contribution in [0.3, 0.4) is 0 Å². The summed E-state index contributed by atoms with van der Waals surface area (Å²) in [5.41, 5.74) is 6.75. The molecule has 0 aliphatic carbocycles. The van der Waals surface area contributed by atoms with Crippen molar-refractivity contribution in [2.45, 2.75) is 38.3 Å². The number of aliphatic hydroxyl groups excluding tert-OH is 1. The van der Waals surface area contributed by atoms with E-state index in [9.17, 15) is 9.59 Å². The number of nitrogens with one attached hydrogen (secondary N) is 1. The zero-order valence-electron chi connectivity index (χ0n) is 22.7. The molecule has 13 heteroatoms. The lowest BCUT2D eigenvalue weighted by Gasteiger charge is -2.47. The van der Waals surface area contributed by atoms with Gasteiger partial charge in [0.05, 0.1) is 19.8 Å². The molecule has 2 amide bonds. The van der Waals surface area contributed by atoms with Crippen molar-refractivity contribution in [2.75, 3.05) is 69.7 Å². The maximum Gasteiger partial charge on any atom is 0.273 e. The van der Waals surface area contributed by atoms with Crippen molar-refractivity contribution in [3.05, 3.63) is 45.7 Å². The summed E-state index contributed by atoms with van der Waals surface area (Å²) in [6.45, 7) is 6.45. The summed E-state index contributed by atoms with van der Waals surface area (Å²) in [6, 6.07) is 7.71. The van der Waals surface area contributed by atoms with E-state index in [2.05, 4.69) is 32.0 Å². The van der Waals surface area contributed by atoms with Crippen molar-refractivity contribution in [3.8, 4) is 0 Å². The van der Waals surface area contributed by atoms with Gasteiger partial charge in [-0.2, -0.15) is 0 Å². The van der Waals surface area contributed by atoms with Gasteiger partial charge >= 0.3 is 0 Å². The molecule has 0 saturated carbocycles. The van der Waals surface area contributed by atoms with Gasteiger partial charge in [-0.25, -0.2) is 9.97 Å². The smallest absolute Gasteiger partial charge is 0.273 e. The predicted molar refractivity (Wildman–Crippen MR) is 155 cm³/mol. The van der Waals surface area contributed by atoms with Gasteiger partial charge in [-0.1, -0.05) is 30.1 Å². The lowest BCUT2D eigenvalue weighted by Crippen LogP contribution is -2.58. The van der Waals surface area contributed by atoms with Crippen molar-refractivity contribution in [1.29, 1.82) is 0 Å². The van der Waals surface area contributed by atoms with Crippen LogP contribution in [0.15, 0.2) is 24.3 Å². The largest absolute Gasteiger partial charge is 0.394 e. The third kappa shape index (κ3) is 7.32. The van der Waals surface area contributed by atoms with Crippen LogP contribution in [0.2, 0.25) is 10.2 Å². The first-order valence-corrected chi connectivity index (χ1v) is 14.4. The summed E-state index contributed by atoms with van der Waals surface area (Å²) in [6.07, 6.45) is 2.77. The Morgan fingerprint density at radius 3 is 2.50 bits per heavy atom. The normalized spacial score (nSPS) is 18.6. The zero-order valence-corrected chi connectivity index (χ0v) is 24.2. The minimum absolute atomic E-state index is 0.0152. The number of likely N-dealkylation sites (tertiary alicyclic amines) is 1. The molecule has 40 heavy (non-hydrogen) atoms. The molecule has 4 rings (SSSR count). The molecular weight excluding hydrogens is 557 g/mol. The van der Waals surface area contributed by atoms with Gasteiger partial charge in [0, 0.05) is 61.9 Å². The highest BCUT2D eigenvalue weighted by Gasteiger charge is 2.35. The SMILES string of the molecule is CC[C@H]1CN(c2nc(N)c(C(=O)NCCOCCO)nc2Cl)CCN1C1CCN(C(=O)c2ccc(Cl)cc2)CC1. The molecule has 2 aromatic rings. The summed E-state index contributed by atoms with van der Waals surface area (Å²) in [4.78, 5) is 40.7. The Morgan fingerprint density at radius 2 is 1.82 bits per heavy atom. The van der Waals surface area contributed by atoms with Gasteiger partial charge in [0.1, 0.15) is 0 Å². The van der Waals surface area contributed by atoms with Crippen molar-refractivity contribution >= 4 is 46.7 Å². The summed E-state index contributed by atoms with van der Waals surface area (Å²) >= 11 is 12.5. The van der Waals surface area contributed by atoms with Crippen LogP contribution in [-0.4, -0.2) is 108 Å². The number of piperazine rings is 1. The minimum Gasteiger partial charge on any atom is -0.394 e. The lowest BCUT2D eigenvalue weighted by atomic mass is 9.97. The Hall–Kier alpha value is -2.70. The Balaban J connectivity index is 1.33. The number of carbonyl (C=O) groups is 2. The summed E-state index contributed by atoms with van der Waals surface area (Å²) in [5, 5.41) is 12.2. The fraction of sp³-hybridized carbons (Fsp3) is 0.556. The number of hydrogen-bond acceptors (Lipinski definition) is 9. The van der Waals surface area contributed by atoms with Crippen LogP contribution in [0.4, 0.5) is 11.6 Å². The Kier molecular flexibility index (Phi) is 10.8. The Bertz CT molecular complexity index is 1160. The molecule has 2 saturated heterocycles. The maximum atomic E-state index is 12.9. The monoisotopic (exact) mass is 593 g/mol. The molecule has 4 N–H and O–H groups in total. The topological polar surface area (TPSA) is 137 Å². The number of aliphatic hydroxyl groups is 1. The molecule has 0 unspecified atom stereocenters. The zero-order chi connectivity index (χ0) is 28.6. The third-order valence-electron chi connectivity index (χ3n) is 7.46. The Labute approximate surface area is 244 Å². The van der Waals surface area contributed by atoms with Gasteiger partial charge in [0.15, 0.2) is 22.5 Å². The molecule has 1 aromatic heterocycles. The first-order valence-electron chi connectivity index (χ1n) is 13.7. The summed E-state index contributed by atoms with van der Waals surface area (Å²) in [5.74, 6) is 0.0537. The number of piperidine rings is 1. The molecule has 1 aromatic carbocycles. The van der Waals surface area contributed by atoms with Crippen LogP contribution in [0.25, 0.3) is 0 Å². The number of benzene rings is 1. The second-order valence-corrected chi connectivity index (χ2v) is 10.7. The first-order chi connectivity index (χ1) is 19.3. The second kappa shape index (κ2) is 14.3. The number of anilines is 2. The van der Waals surface area contributed by atoms with Gasteiger partial charge in [0.2, 0.25) is 0 Å². The number of amides is 2. The van der Waals surface area contributed by atoms with E-state index < -0.39 is 5.91 Å². The average molecular weight is 595 g/mol. The molecule has 0 bridgehead atoms. The van der Waals surface area contributed by atoms with Gasteiger partial charge < -0.3 is 30.7 Å². The number of nitrogen functional groups attached to an aromatic ring is 1. The van der Waals surface area contributed by atoms with E-state index in [1.54, 1.807) is 24.3 Å². The first kappa shape index (κ1) is 30.3. The third-order valence-corrected chi connectivity index (χ3v) is 7.96. The van der Waals surface area contributed by atoms with E-state index >= 15 is 0 Å². The standard InChI is InChI=1S/C27H37Cl2N7O4/c1-2-20-17-35(25-23(29)32-22(24(30)33-25)26(38)31-9-15-40-16-14-37)12-13-36(20)21-7-10-34(11-8-21)27(39)18-3-5-19(28)6-4-18/h3-6,20-21,37H,2,7-17H2,1H3,(H2,30,33)(H,31,38)/t20-/m0/s1.